The molecular weight excluding hydrogens is 278 g/mol. The summed E-state index contributed by atoms with van der Waals surface area (Å²) in [5.41, 5.74) is 0. The van der Waals surface area contributed by atoms with Crippen LogP contribution in [0.4, 0.5) is 0 Å². The standard InChI is InChI=1S/C13H17N3O5/c17-12(13-19-5-6-20-13)16-3-4-18-9(7-16)10-14-11(21-15-10)8-1-2-8/h8-9,13H,1-7H2. The number of rotatable bonds is 3. The Labute approximate surface area is 121 Å². The van der Waals surface area contributed by atoms with Gasteiger partial charge in [-0.1, -0.05) is 5.16 Å². The van der Waals surface area contributed by atoms with Crippen LogP contribution in [0, 0.1) is 0 Å². The molecule has 0 aromatic carbocycles. The minimum absolute atomic E-state index is 0.160. The van der Waals surface area contributed by atoms with Gasteiger partial charge in [0.25, 0.3) is 5.91 Å². The highest BCUT2D eigenvalue weighted by atomic mass is 16.7. The number of carbonyl (C=O) groups is 1. The second-order valence-corrected chi connectivity index (χ2v) is 5.48. The Morgan fingerprint density at radius 3 is 2.71 bits per heavy atom. The molecule has 4 rings (SSSR count). The van der Waals surface area contributed by atoms with Crippen molar-refractivity contribution in [2.75, 3.05) is 32.9 Å². The lowest BCUT2D eigenvalue weighted by Crippen LogP contribution is -2.47. The molecule has 0 bridgehead atoms. The first-order valence-electron chi connectivity index (χ1n) is 7.28. The third-order valence-corrected chi connectivity index (χ3v) is 3.87. The molecule has 3 aliphatic rings. The van der Waals surface area contributed by atoms with Crippen LogP contribution in [0.25, 0.3) is 0 Å². The maximum Gasteiger partial charge on any atom is 0.279 e. The van der Waals surface area contributed by atoms with Crippen LogP contribution in [0.5, 0.6) is 0 Å². The summed E-state index contributed by atoms with van der Waals surface area (Å²) < 4.78 is 21.4. The van der Waals surface area contributed by atoms with E-state index in [-0.39, 0.29) is 12.0 Å². The average molecular weight is 295 g/mol. The van der Waals surface area contributed by atoms with Crippen molar-refractivity contribution in [2.45, 2.75) is 31.2 Å². The number of nitrogens with zero attached hydrogens (tertiary/aromatic N) is 3. The summed E-state index contributed by atoms with van der Waals surface area (Å²) in [5, 5.41) is 3.98. The fourth-order valence-corrected chi connectivity index (χ4v) is 2.53. The fourth-order valence-electron chi connectivity index (χ4n) is 2.53. The molecule has 21 heavy (non-hydrogen) atoms. The molecule has 3 fully saturated rings. The van der Waals surface area contributed by atoms with E-state index < -0.39 is 6.29 Å². The largest absolute Gasteiger partial charge is 0.366 e. The van der Waals surface area contributed by atoms with E-state index >= 15 is 0 Å². The van der Waals surface area contributed by atoms with Crippen molar-refractivity contribution in [3.8, 4) is 0 Å². The summed E-state index contributed by atoms with van der Waals surface area (Å²) in [6, 6.07) is 0. The van der Waals surface area contributed by atoms with Gasteiger partial charge in [-0.2, -0.15) is 4.98 Å². The van der Waals surface area contributed by atoms with Crippen molar-refractivity contribution in [1.29, 1.82) is 0 Å². The molecule has 0 radical (unpaired) electrons. The number of ether oxygens (including phenoxy) is 3. The van der Waals surface area contributed by atoms with E-state index in [2.05, 4.69) is 10.1 Å². The maximum atomic E-state index is 12.3. The molecule has 1 unspecified atom stereocenters. The highest BCUT2D eigenvalue weighted by Crippen LogP contribution is 2.39. The molecule has 1 aliphatic carbocycles. The Kier molecular flexibility index (Phi) is 3.36. The quantitative estimate of drug-likeness (QED) is 0.788. The van der Waals surface area contributed by atoms with Crippen molar-refractivity contribution in [1.82, 2.24) is 15.0 Å². The minimum atomic E-state index is -0.781. The van der Waals surface area contributed by atoms with Gasteiger partial charge in [-0.25, -0.2) is 0 Å². The number of hydrogen-bond donors (Lipinski definition) is 0. The summed E-state index contributed by atoms with van der Waals surface area (Å²) in [6.07, 6.45) is 1.08. The summed E-state index contributed by atoms with van der Waals surface area (Å²) in [7, 11) is 0. The van der Waals surface area contributed by atoms with Crippen molar-refractivity contribution >= 4 is 5.91 Å². The van der Waals surface area contributed by atoms with Crippen LogP contribution < -0.4 is 0 Å². The SMILES string of the molecule is O=C(C1OCCO1)N1CCOC(c2noc(C3CC3)n2)C1. The normalized spacial score (nSPS) is 27.2. The average Bonchev–Trinajstić information content (AvgIpc) is 3.05. The van der Waals surface area contributed by atoms with Crippen LogP contribution in [0.2, 0.25) is 0 Å². The summed E-state index contributed by atoms with van der Waals surface area (Å²) >= 11 is 0. The Bertz CT molecular complexity index is 524. The monoisotopic (exact) mass is 295 g/mol. The predicted octanol–water partition coefficient (Wildman–Crippen LogP) is 0.220. The summed E-state index contributed by atoms with van der Waals surface area (Å²) in [6.45, 7) is 2.27. The van der Waals surface area contributed by atoms with Gasteiger partial charge >= 0.3 is 0 Å². The minimum Gasteiger partial charge on any atom is -0.366 e. The number of carbonyl (C=O) groups excluding carboxylic acids is 1. The molecule has 0 spiro atoms. The Balaban J connectivity index is 1.42. The second kappa shape index (κ2) is 5.36. The molecule has 1 atom stereocenters. The van der Waals surface area contributed by atoms with E-state index in [1.807, 2.05) is 0 Å². The molecule has 3 heterocycles. The van der Waals surface area contributed by atoms with Gasteiger partial charge in [0.05, 0.1) is 26.4 Å². The number of amides is 1. The summed E-state index contributed by atoms with van der Waals surface area (Å²) in [5.74, 6) is 1.45. The molecule has 2 saturated heterocycles. The summed E-state index contributed by atoms with van der Waals surface area (Å²) in [4.78, 5) is 18.3. The lowest BCUT2D eigenvalue weighted by atomic mass is 10.2. The van der Waals surface area contributed by atoms with Crippen molar-refractivity contribution < 1.29 is 23.5 Å². The van der Waals surface area contributed by atoms with Gasteiger partial charge in [0, 0.05) is 12.5 Å². The van der Waals surface area contributed by atoms with Gasteiger partial charge in [-0.05, 0) is 12.8 Å². The second-order valence-electron chi connectivity index (χ2n) is 5.48. The molecule has 1 saturated carbocycles. The van der Waals surface area contributed by atoms with Crippen molar-refractivity contribution in [3.63, 3.8) is 0 Å². The first-order valence-corrected chi connectivity index (χ1v) is 7.28. The van der Waals surface area contributed by atoms with Crippen molar-refractivity contribution in [2.24, 2.45) is 0 Å². The Hall–Kier alpha value is -1.51. The smallest absolute Gasteiger partial charge is 0.279 e. The molecule has 114 valence electrons. The lowest BCUT2D eigenvalue weighted by Gasteiger charge is -2.32. The van der Waals surface area contributed by atoms with Gasteiger partial charge < -0.3 is 23.6 Å². The number of morpholine rings is 1. The molecule has 8 heteroatoms. The topological polar surface area (TPSA) is 86.9 Å². The maximum absolute atomic E-state index is 12.3. The molecule has 1 aromatic rings. The van der Waals surface area contributed by atoms with E-state index in [9.17, 15) is 4.79 Å². The first-order chi connectivity index (χ1) is 10.3. The van der Waals surface area contributed by atoms with Gasteiger partial charge in [0.15, 0.2) is 0 Å². The molecule has 1 amide bonds. The van der Waals surface area contributed by atoms with Gasteiger partial charge in [0.1, 0.15) is 6.10 Å². The fraction of sp³-hybridized carbons (Fsp3) is 0.769. The molecule has 0 N–H and O–H groups in total. The zero-order valence-electron chi connectivity index (χ0n) is 11.6. The highest BCUT2D eigenvalue weighted by Gasteiger charge is 2.36. The van der Waals surface area contributed by atoms with Crippen LogP contribution in [0.15, 0.2) is 4.52 Å². The van der Waals surface area contributed by atoms with Gasteiger partial charge in [-0.3, -0.25) is 4.79 Å². The first kappa shape index (κ1) is 13.2. The molecule has 1 aromatic heterocycles. The lowest BCUT2D eigenvalue weighted by molar-refractivity contribution is -0.165. The van der Waals surface area contributed by atoms with Gasteiger partial charge in [0.2, 0.25) is 18.0 Å². The number of aromatic nitrogens is 2. The molecule has 2 aliphatic heterocycles. The third-order valence-electron chi connectivity index (χ3n) is 3.87. The van der Waals surface area contributed by atoms with Crippen LogP contribution in [-0.2, 0) is 19.0 Å². The van der Waals surface area contributed by atoms with Gasteiger partial charge in [-0.15, -0.1) is 0 Å². The van der Waals surface area contributed by atoms with E-state index in [0.717, 1.165) is 12.8 Å². The highest BCUT2D eigenvalue weighted by molar-refractivity contribution is 5.80. The predicted molar refractivity (Wildman–Crippen MR) is 67.2 cm³/mol. The van der Waals surface area contributed by atoms with Crippen LogP contribution in [0.1, 0.15) is 36.6 Å². The van der Waals surface area contributed by atoms with E-state index in [1.165, 1.54) is 0 Å². The zero-order chi connectivity index (χ0) is 14.2. The Morgan fingerprint density at radius 1 is 1.14 bits per heavy atom. The van der Waals surface area contributed by atoms with Crippen molar-refractivity contribution in [3.05, 3.63) is 11.7 Å². The number of hydrogen-bond acceptors (Lipinski definition) is 7. The zero-order valence-corrected chi connectivity index (χ0v) is 11.6. The Morgan fingerprint density at radius 2 is 1.95 bits per heavy atom. The van der Waals surface area contributed by atoms with Crippen LogP contribution in [0.3, 0.4) is 0 Å². The molecular formula is C13H17N3O5. The molecule has 8 nitrogen and oxygen atoms in total. The van der Waals surface area contributed by atoms with E-state index in [4.69, 9.17) is 18.7 Å². The third kappa shape index (κ3) is 2.66. The van der Waals surface area contributed by atoms with E-state index in [1.54, 1.807) is 4.90 Å². The van der Waals surface area contributed by atoms with E-state index in [0.29, 0.717) is 50.5 Å². The van der Waals surface area contributed by atoms with Crippen LogP contribution in [-0.4, -0.2) is 60.1 Å². The van der Waals surface area contributed by atoms with Crippen LogP contribution >= 0.6 is 0 Å².